The van der Waals surface area contributed by atoms with Gasteiger partial charge in [0.15, 0.2) is 11.7 Å². The van der Waals surface area contributed by atoms with Gasteiger partial charge in [-0.15, -0.1) is 34.9 Å². The highest BCUT2D eigenvalue weighted by Crippen LogP contribution is 2.43. The predicted molar refractivity (Wildman–Crippen MR) is 124 cm³/mol. The van der Waals surface area contributed by atoms with Crippen molar-refractivity contribution in [3.05, 3.63) is 76.5 Å². The molecule has 0 radical (unpaired) electrons. The number of hydrogen-bond donors (Lipinski definition) is 1. The molecule has 1 saturated heterocycles. The zero-order valence-corrected chi connectivity index (χ0v) is 18.6. The molecule has 1 N–H and O–H groups in total. The molecule has 0 atom stereocenters. The highest BCUT2D eigenvalue weighted by atomic mass is 32.2. The van der Waals surface area contributed by atoms with E-state index in [4.69, 9.17) is 4.74 Å². The number of halogens is 1. The van der Waals surface area contributed by atoms with Crippen LogP contribution in [0.5, 0.6) is 5.75 Å². The number of carbonyl (C=O) groups excluding carboxylic acids is 1. The normalized spacial score (nSPS) is 14.4. The molecule has 1 aromatic heterocycles. The van der Waals surface area contributed by atoms with Gasteiger partial charge in [0.2, 0.25) is 0 Å². The van der Waals surface area contributed by atoms with Crippen molar-refractivity contribution in [2.24, 2.45) is 0 Å². The maximum absolute atomic E-state index is 13.8. The summed E-state index contributed by atoms with van der Waals surface area (Å²) in [6, 6.07) is 14.6. The van der Waals surface area contributed by atoms with Crippen LogP contribution in [-0.4, -0.2) is 29.0 Å². The minimum absolute atomic E-state index is 0.0888. The third-order valence-corrected chi connectivity index (χ3v) is 8.40. The van der Waals surface area contributed by atoms with Crippen molar-refractivity contribution in [2.75, 3.05) is 23.4 Å². The summed E-state index contributed by atoms with van der Waals surface area (Å²) in [7, 11) is 0. The Kier molecular flexibility index (Phi) is 7.30. The van der Waals surface area contributed by atoms with Crippen molar-refractivity contribution in [3.8, 4) is 5.75 Å². The fourth-order valence-electron chi connectivity index (χ4n) is 2.98. The van der Waals surface area contributed by atoms with E-state index in [2.05, 4.69) is 22.4 Å². The van der Waals surface area contributed by atoms with Crippen LogP contribution in [-0.2, 0) is 11.2 Å². The van der Waals surface area contributed by atoms with Crippen LogP contribution in [0.15, 0.2) is 54.7 Å². The first-order valence-corrected chi connectivity index (χ1v) is 12.5. The number of anilines is 1. The summed E-state index contributed by atoms with van der Waals surface area (Å²) in [5.41, 5.74) is 1.89. The van der Waals surface area contributed by atoms with E-state index in [0.717, 1.165) is 4.88 Å². The first-order valence-electron chi connectivity index (χ1n) is 9.61. The molecular weight excluding hydrogens is 439 g/mol. The van der Waals surface area contributed by atoms with Crippen molar-refractivity contribution in [1.29, 1.82) is 0 Å². The van der Waals surface area contributed by atoms with E-state index >= 15 is 0 Å². The number of rotatable bonds is 7. The molecule has 4 rings (SSSR count). The van der Waals surface area contributed by atoms with Crippen molar-refractivity contribution < 1.29 is 13.9 Å². The third kappa shape index (κ3) is 5.77. The average Bonchev–Trinajstić information content (AvgIpc) is 3.21. The number of thioether (sulfide) groups is 2. The third-order valence-electron chi connectivity index (χ3n) is 4.47. The molecule has 1 aliphatic heterocycles. The Morgan fingerprint density at radius 3 is 2.67 bits per heavy atom. The highest BCUT2D eigenvalue weighted by molar-refractivity contribution is 8.16. The van der Waals surface area contributed by atoms with Gasteiger partial charge in [-0.3, -0.25) is 10.1 Å². The van der Waals surface area contributed by atoms with Crippen molar-refractivity contribution >= 4 is 45.9 Å². The van der Waals surface area contributed by atoms with E-state index in [1.54, 1.807) is 24.4 Å². The van der Waals surface area contributed by atoms with E-state index in [-0.39, 0.29) is 18.3 Å². The molecule has 4 nitrogen and oxygen atoms in total. The number of nitrogens with one attached hydrogen (secondary N) is 1. The topological polar surface area (TPSA) is 51.2 Å². The van der Waals surface area contributed by atoms with E-state index in [9.17, 15) is 9.18 Å². The molecule has 0 spiro atoms. The maximum Gasteiger partial charge on any atom is 0.264 e. The number of nitrogens with zero attached hydrogens (tertiary/aromatic N) is 1. The van der Waals surface area contributed by atoms with Crippen LogP contribution in [0, 0.1) is 5.82 Å². The smallest absolute Gasteiger partial charge is 0.264 e. The number of aromatic nitrogens is 1. The minimum atomic E-state index is -0.274. The Morgan fingerprint density at radius 1 is 1.13 bits per heavy atom. The number of amides is 1. The molecule has 1 amide bonds. The van der Waals surface area contributed by atoms with Gasteiger partial charge in [-0.1, -0.05) is 30.3 Å². The SMILES string of the molecule is O=C(COc1ccc(C2SCCCS2)cc1)Nc1ncc(Cc2ccccc2F)s1. The number of carbonyl (C=O) groups is 1. The van der Waals surface area contributed by atoms with Crippen LogP contribution < -0.4 is 10.1 Å². The van der Waals surface area contributed by atoms with Gasteiger partial charge in [0, 0.05) is 17.5 Å². The first-order chi connectivity index (χ1) is 14.7. The van der Waals surface area contributed by atoms with E-state index < -0.39 is 0 Å². The summed E-state index contributed by atoms with van der Waals surface area (Å²) in [4.78, 5) is 17.3. The number of benzene rings is 2. The molecule has 2 aromatic carbocycles. The summed E-state index contributed by atoms with van der Waals surface area (Å²) in [5.74, 6) is 2.56. The van der Waals surface area contributed by atoms with Crippen LogP contribution in [0.25, 0.3) is 0 Å². The molecule has 2 heterocycles. The lowest BCUT2D eigenvalue weighted by Crippen LogP contribution is -2.20. The molecule has 0 bridgehead atoms. The van der Waals surface area contributed by atoms with Gasteiger partial charge in [0.1, 0.15) is 11.6 Å². The fraction of sp³-hybridized carbons (Fsp3) is 0.273. The molecule has 1 fully saturated rings. The maximum atomic E-state index is 13.8. The second kappa shape index (κ2) is 10.3. The Balaban J connectivity index is 1.26. The molecule has 156 valence electrons. The minimum Gasteiger partial charge on any atom is -0.484 e. The van der Waals surface area contributed by atoms with Gasteiger partial charge < -0.3 is 4.74 Å². The van der Waals surface area contributed by atoms with Crippen LogP contribution in [0.3, 0.4) is 0 Å². The molecule has 8 heteroatoms. The predicted octanol–water partition coefficient (Wildman–Crippen LogP) is 5.76. The van der Waals surface area contributed by atoms with Gasteiger partial charge in [-0.05, 0) is 47.3 Å². The zero-order valence-electron chi connectivity index (χ0n) is 16.2. The second-order valence-corrected chi connectivity index (χ2v) is 10.6. The fourth-order valence-corrected chi connectivity index (χ4v) is 6.73. The van der Waals surface area contributed by atoms with Crippen molar-refractivity contribution in [3.63, 3.8) is 0 Å². The van der Waals surface area contributed by atoms with Crippen LogP contribution in [0.1, 0.15) is 27.0 Å². The van der Waals surface area contributed by atoms with Crippen LogP contribution >= 0.6 is 34.9 Å². The molecular formula is C22H21FN2O2S3. The second-order valence-electron chi connectivity index (χ2n) is 6.73. The monoisotopic (exact) mass is 460 g/mol. The summed E-state index contributed by atoms with van der Waals surface area (Å²) in [6.07, 6.45) is 3.38. The summed E-state index contributed by atoms with van der Waals surface area (Å²) >= 11 is 5.29. The number of ether oxygens (including phenoxy) is 1. The number of thiazole rings is 1. The van der Waals surface area contributed by atoms with Crippen LogP contribution in [0.4, 0.5) is 9.52 Å². The zero-order chi connectivity index (χ0) is 20.8. The standard InChI is InChI=1S/C22H21FN2O2S3/c23-19-5-2-1-4-16(19)12-18-13-24-22(30-18)25-20(26)14-27-17-8-6-15(7-9-17)21-28-10-3-11-29-21/h1-2,4-9,13,21H,3,10-12,14H2,(H,24,25,26). The molecule has 0 saturated carbocycles. The molecule has 0 unspecified atom stereocenters. The first kappa shape index (κ1) is 21.2. The van der Waals surface area contributed by atoms with Crippen molar-refractivity contribution in [1.82, 2.24) is 4.98 Å². The summed E-state index contributed by atoms with van der Waals surface area (Å²) in [6.45, 7) is -0.0888. The van der Waals surface area contributed by atoms with Gasteiger partial charge in [0.05, 0.1) is 4.58 Å². The molecule has 3 aromatic rings. The Labute approximate surface area is 187 Å². The van der Waals surface area contributed by atoms with Gasteiger partial charge in [-0.2, -0.15) is 0 Å². The average molecular weight is 461 g/mol. The Bertz CT molecular complexity index is 988. The lowest BCUT2D eigenvalue weighted by molar-refractivity contribution is -0.118. The highest BCUT2D eigenvalue weighted by Gasteiger charge is 2.16. The molecule has 0 aliphatic carbocycles. The molecule has 30 heavy (non-hydrogen) atoms. The quantitative estimate of drug-likeness (QED) is 0.486. The van der Waals surface area contributed by atoms with Gasteiger partial charge >= 0.3 is 0 Å². The van der Waals surface area contributed by atoms with Gasteiger partial charge in [0.25, 0.3) is 5.91 Å². The van der Waals surface area contributed by atoms with Crippen LogP contribution in [0.2, 0.25) is 0 Å². The Morgan fingerprint density at radius 2 is 1.90 bits per heavy atom. The Hall–Kier alpha value is -2.03. The molecule has 1 aliphatic rings. The summed E-state index contributed by atoms with van der Waals surface area (Å²) < 4.78 is 19.9. The largest absolute Gasteiger partial charge is 0.484 e. The number of hydrogen-bond acceptors (Lipinski definition) is 6. The van der Waals surface area contributed by atoms with Gasteiger partial charge in [-0.25, -0.2) is 9.37 Å². The van der Waals surface area contributed by atoms with Crippen molar-refractivity contribution in [2.45, 2.75) is 17.4 Å². The lowest BCUT2D eigenvalue weighted by Gasteiger charge is -2.21. The van der Waals surface area contributed by atoms with E-state index in [1.165, 1.54) is 40.9 Å². The lowest BCUT2D eigenvalue weighted by atomic mass is 10.1. The van der Waals surface area contributed by atoms with E-state index in [1.807, 2.05) is 35.7 Å². The van der Waals surface area contributed by atoms with E-state index in [0.29, 0.717) is 27.4 Å². The summed E-state index contributed by atoms with van der Waals surface area (Å²) in [5, 5.41) is 3.22.